The number of aryl methyl sites for hydroxylation is 1. The first-order valence-corrected chi connectivity index (χ1v) is 6.44. The summed E-state index contributed by atoms with van der Waals surface area (Å²) in [5.41, 5.74) is 8.93. The highest BCUT2D eigenvalue weighted by atomic mass is 15.2. The Balaban J connectivity index is 1.98. The van der Waals surface area contributed by atoms with E-state index in [2.05, 4.69) is 21.9 Å². The van der Waals surface area contributed by atoms with E-state index in [1.54, 1.807) is 0 Å². The predicted molar refractivity (Wildman–Crippen MR) is 72.3 cm³/mol. The molecule has 5 heteroatoms. The summed E-state index contributed by atoms with van der Waals surface area (Å²) in [4.78, 5) is 11.3. The quantitative estimate of drug-likeness (QED) is 0.869. The van der Waals surface area contributed by atoms with Crippen molar-refractivity contribution in [2.75, 3.05) is 19.3 Å². The van der Waals surface area contributed by atoms with Crippen molar-refractivity contribution in [3.63, 3.8) is 0 Å². The van der Waals surface area contributed by atoms with Crippen LogP contribution in [0.4, 0.5) is 5.95 Å². The molecule has 0 amide bonds. The van der Waals surface area contributed by atoms with Gasteiger partial charge in [0.25, 0.3) is 0 Å². The van der Waals surface area contributed by atoms with Crippen LogP contribution < -0.4 is 5.73 Å². The van der Waals surface area contributed by atoms with Gasteiger partial charge in [-0.2, -0.15) is 0 Å². The van der Waals surface area contributed by atoms with E-state index < -0.39 is 0 Å². The molecule has 0 radical (unpaired) electrons. The van der Waals surface area contributed by atoms with Crippen LogP contribution >= 0.6 is 0 Å². The number of nitrogen functional groups attached to an aromatic ring is 1. The highest BCUT2D eigenvalue weighted by Gasteiger charge is 2.23. The number of hydrogen-bond acceptors (Lipinski definition) is 4. The number of likely N-dealkylation sites (tertiary alicyclic amines) is 1. The van der Waals surface area contributed by atoms with Gasteiger partial charge in [-0.1, -0.05) is 0 Å². The van der Waals surface area contributed by atoms with Gasteiger partial charge in [-0.15, -0.1) is 0 Å². The highest BCUT2D eigenvalue weighted by molar-refractivity contribution is 5.74. The molecule has 5 nitrogen and oxygen atoms in total. The van der Waals surface area contributed by atoms with E-state index in [9.17, 15) is 0 Å². The number of aromatic nitrogens is 3. The number of nitrogens with zero attached hydrogens (tertiary/aromatic N) is 4. The number of nitrogens with two attached hydrogens (primary N) is 1. The monoisotopic (exact) mass is 245 g/mol. The summed E-state index contributed by atoms with van der Waals surface area (Å²) in [6.45, 7) is 4.07. The zero-order valence-corrected chi connectivity index (χ0v) is 10.9. The summed E-state index contributed by atoms with van der Waals surface area (Å²) in [6, 6.07) is 2.58. The summed E-state index contributed by atoms with van der Waals surface area (Å²) in [5.74, 6) is 0.573. The molecule has 0 aliphatic carbocycles. The maximum atomic E-state index is 6.02. The van der Waals surface area contributed by atoms with Gasteiger partial charge < -0.3 is 10.6 Å². The average molecular weight is 245 g/mol. The van der Waals surface area contributed by atoms with E-state index in [4.69, 9.17) is 5.73 Å². The van der Waals surface area contributed by atoms with Gasteiger partial charge in [-0.3, -0.25) is 4.57 Å². The molecule has 18 heavy (non-hydrogen) atoms. The normalized spacial score (nSPS) is 20.9. The molecule has 0 aromatic carbocycles. The minimum atomic E-state index is 0.549. The molecule has 1 unspecified atom stereocenters. The minimum absolute atomic E-state index is 0.549. The second-order valence-electron chi connectivity index (χ2n) is 5.21. The van der Waals surface area contributed by atoms with Crippen LogP contribution in [0.15, 0.2) is 12.3 Å². The molecule has 2 aromatic rings. The topological polar surface area (TPSA) is 60.0 Å². The summed E-state index contributed by atoms with van der Waals surface area (Å²) in [7, 11) is 2.17. The summed E-state index contributed by atoms with van der Waals surface area (Å²) >= 11 is 0. The van der Waals surface area contributed by atoms with Crippen LogP contribution in [-0.2, 0) is 6.54 Å². The van der Waals surface area contributed by atoms with Gasteiger partial charge in [0.15, 0.2) is 5.65 Å². The second-order valence-corrected chi connectivity index (χ2v) is 5.21. The molecule has 3 rings (SSSR count). The molecule has 1 aliphatic heterocycles. The van der Waals surface area contributed by atoms with Gasteiger partial charge in [-0.25, -0.2) is 9.97 Å². The van der Waals surface area contributed by atoms with E-state index in [1.807, 2.05) is 23.8 Å². The zero-order chi connectivity index (χ0) is 12.7. The Bertz CT molecular complexity index is 574. The number of imidazole rings is 1. The van der Waals surface area contributed by atoms with Crippen molar-refractivity contribution in [2.45, 2.75) is 32.4 Å². The van der Waals surface area contributed by atoms with E-state index in [1.165, 1.54) is 19.4 Å². The molecule has 0 spiro atoms. The Hall–Kier alpha value is -1.62. The maximum Gasteiger partial charge on any atom is 0.202 e. The average Bonchev–Trinajstić information content (AvgIpc) is 2.85. The SMILES string of the molecule is Cc1cnc2c(c1)nc(N)n2CC1CCCN1C. The Kier molecular flexibility index (Phi) is 2.70. The summed E-state index contributed by atoms with van der Waals surface area (Å²) in [5, 5.41) is 0. The molecular weight excluding hydrogens is 226 g/mol. The Morgan fingerprint density at radius 1 is 1.50 bits per heavy atom. The molecule has 1 aliphatic rings. The van der Waals surface area contributed by atoms with Gasteiger partial charge in [0.05, 0.1) is 0 Å². The van der Waals surface area contributed by atoms with Gasteiger partial charge in [0, 0.05) is 18.8 Å². The highest BCUT2D eigenvalue weighted by Crippen LogP contribution is 2.22. The minimum Gasteiger partial charge on any atom is -0.369 e. The molecule has 3 heterocycles. The Morgan fingerprint density at radius 3 is 3.06 bits per heavy atom. The third-order valence-corrected chi connectivity index (χ3v) is 3.82. The largest absolute Gasteiger partial charge is 0.369 e. The van der Waals surface area contributed by atoms with Crippen LogP contribution in [0.3, 0.4) is 0 Å². The van der Waals surface area contributed by atoms with Crippen molar-refractivity contribution in [3.05, 3.63) is 17.8 Å². The summed E-state index contributed by atoms with van der Waals surface area (Å²) in [6.07, 6.45) is 4.36. The van der Waals surface area contributed by atoms with E-state index >= 15 is 0 Å². The third kappa shape index (κ3) is 1.84. The van der Waals surface area contributed by atoms with Gasteiger partial charge in [0.2, 0.25) is 5.95 Å². The Labute approximate surface area is 107 Å². The fourth-order valence-electron chi connectivity index (χ4n) is 2.73. The van der Waals surface area contributed by atoms with Crippen LogP contribution in [0, 0.1) is 6.92 Å². The van der Waals surface area contributed by atoms with Crippen molar-refractivity contribution in [1.82, 2.24) is 19.4 Å². The maximum absolute atomic E-state index is 6.02. The van der Waals surface area contributed by atoms with Crippen molar-refractivity contribution in [3.8, 4) is 0 Å². The third-order valence-electron chi connectivity index (χ3n) is 3.82. The molecular formula is C13H19N5. The van der Waals surface area contributed by atoms with Crippen molar-refractivity contribution >= 4 is 17.1 Å². The van der Waals surface area contributed by atoms with E-state index in [-0.39, 0.29) is 0 Å². The number of anilines is 1. The lowest BCUT2D eigenvalue weighted by molar-refractivity contribution is 0.285. The molecule has 1 saturated heterocycles. The first-order chi connectivity index (χ1) is 8.65. The van der Waals surface area contributed by atoms with Gasteiger partial charge in [0.1, 0.15) is 5.52 Å². The van der Waals surface area contributed by atoms with Crippen molar-refractivity contribution in [1.29, 1.82) is 0 Å². The zero-order valence-electron chi connectivity index (χ0n) is 10.9. The lowest BCUT2D eigenvalue weighted by atomic mass is 10.2. The molecule has 96 valence electrons. The van der Waals surface area contributed by atoms with Gasteiger partial charge >= 0.3 is 0 Å². The van der Waals surface area contributed by atoms with Crippen molar-refractivity contribution in [2.24, 2.45) is 0 Å². The van der Waals surface area contributed by atoms with Crippen LogP contribution in [0.25, 0.3) is 11.2 Å². The standard InChI is InChI=1S/C13H19N5/c1-9-6-11-12(15-7-9)18(13(14)16-11)8-10-4-3-5-17(10)2/h6-7,10H,3-5,8H2,1-2H3,(H2,14,16). The van der Waals surface area contributed by atoms with Crippen LogP contribution in [0.5, 0.6) is 0 Å². The first kappa shape index (κ1) is 11.5. The number of pyridine rings is 1. The lowest BCUT2D eigenvalue weighted by Gasteiger charge is -2.20. The number of hydrogen-bond donors (Lipinski definition) is 1. The number of fused-ring (bicyclic) bond motifs is 1. The van der Waals surface area contributed by atoms with Crippen LogP contribution in [0.1, 0.15) is 18.4 Å². The van der Waals surface area contributed by atoms with Crippen molar-refractivity contribution < 1.29 is 0 Å². The van der Waals surface area contributed by atoms with Crippen LogP contribution in [0.2, 0.25) is 0 Å². The fourth-order valence-corrected chi connectivity index (χ4v) is 2.73. The van der Waals surface area contributed by atoms with Crippen LogP contribution in [-0.4, -0.2) is 39.1 Å². The lowest BCUT2D eigenvalue weighted by Crippen LogP contribution is -2.29. The molecule has 1 fully saturated rings. The number of rotatable bonds is 2. The summed E-state index contributed by atoms with van der Waals surface area (Å²) < 4.78 is 2.04. The van der Waals surface area contributed by atoms with Gasteiger partial charge in [-0.05, 0) is 45.0 Å². The predicted octanol–water partition coefficient (Wildman–Crippen LogP) is 1.42. The molecule has 2 N–H and O–H groups in total. The smallest absolute Gasteiger partial charge is 0.202 e. The Morgan fingerprint density at radius 2 is 2.33 bits per heavy atom. The molecule has 0 bridgehead atoms. The molecule has 1 atom stereocenters. The van der Waals surface area contributed by atoms with E-state index in [0.717, 1.165) is 23.3 Å². The molecule has 0 saturated carbocycles. The number of likely N-dealkylation sites (N-methyl/N-ethyl adjacent to an activating group) is 1. The molecule has 2 aromatic heterocycles. The fraction of sp³-hybridized carbons (Fsp3) is 0.538. The van der Waals surface area contributed by atoms with E-state index in [0.29, 0.717) is 12.0 Å². The first-order valence-electron chi connectivity index (χ1n) is 6.44. The second kappa shape index (κ2) is 4.24.